The van der Waals surface area contributed by atoms with Crippen LogP contribution in [0.1, 0.15) is 6.92 Å². The van der Waals surface area contributed by atoms with E-state index < -0.39 is 4.92 Å². The van der Waals surface area contributed by atoms with Crippen molar-refractivity contribution in [3.8, 4) is 0 Å². The molecule has 3 N–H and O–H groups in total. The first kappa shape index (κ1) is 13.8. The Morgan fingerprint density at radius 3 is 2.33 bits per heavy atom. The van der Waals surface area contributed by atoms with E-state index in [9.17, 15) is 10.1 Å². The Kier molecular flexibility index (Phi) is 6.61. The van der Waals surface area contributed by atoms with E-state index in [1.165, 1.54) is 12.1 Å². The minimum Gasteiger partial charge on any atom is -0.392 e. The van der Waals surface area contributed by atoms with Crippen LogP contribution in [0.2, 0.25) is 5.02 Å². The van der Waals surface area contributed by atoms with Crippen LogP contribution in [-0.4, -0.2) is 22.7 Å². The zero-order valence-corrected chi connectivity index (χ0v) is 9.02. The molecule has 0 heterocycles. The molecule has 5 nitrogen and oxygen atoms in total. The highest BCUT2D eigenvalue weighted by Gasteiger charge is 2.08. The zero-order valence-electron chi connectivity index (χ0n) is 8.26. The van der Waals surface area contributed by atoms with Crippen molar-refractivity contribution in [2.75, 3.05) is 6.54 Å². The molecule has 84 valence electrons. The molecule has 1 unspecified atom stereocenters. The standard InChI is InChI=1S/C6H4ClNO2.C3H9NO/c7-5-3-1-2-4-6(5)8(9)10;1-3(5)2-4/h1-4H;3,5H,2,4H2,1H3. The van der Waals surface area contributed by atoms with Crippen molar-refractivity contribution < 1.29 is 10.0 Å². The van der Waals surface area contributed by atoms with Gasteiger partial charge in [-0.05, 0) is 13.0 Å². The number of nitro groups is 1. The maximum absolute atomic E-state index is 10.1. The minimum absolute atomic E-state index is 0.0517. The number of hydrogen-bond donors (Lipinski definition) is 2. The van der Waals surface area contributed by atoms with Gasteiger partial charge in [0.05, 0.1) is 11.0 Å². The maximum Gasteiger partial charge on any atom is 0.287 e. The van der Waals surface area contributed by atoms with E-state index in [4.69, 9.17) is 22.4 Å². The van der Waals surface area contributed by atoms with Crippen LogP contribution in [0.15, 0.2) is 24.3 Å². The number of aliphatic hydroxyl groups is 1. The molecular formula is C9H13ClN2O3. The third-order valence-corrected chi connectivity index (χ3v) is 1.71. The average Bonchev–Trinajstić information content (AvgIpc) is 2.19. The summed E-state index contributed by atoms with van der Waals surface area (Å²) in [4.78, 5) is 9.63. The van der Waals surface area contributed by atoms with Crippen molar-refractivity contribution in [1.82, 2.24) is 0 Å². The summed E-state index contributed by atoms with van der Waals surface area (Å²) in [6, 6.07) is 6.07. The predicted octanol–water partition coefficient (Wildman–Crippen LogP) is 1.57. The molecule has 0 aromatic heterocycles. The molecule has 15 heavy (non-hydrogen) atoms. The summed E-state index contributed by atoms with van der Waals surface area (Å²) in [6.07, 6.45) is -0.338. The molecule has 0 bridgehead atoms. The molecule has 0 spiro atoms. The molecule has 1 aromatic rings. The van der Waals surface area contributed by atoms with Gasteiger partial charge in [0.25, 0.3) is 5.69 Å². The highest BCUT2D eigenvalue weighted by Crippen LogP contribution is 2.21. The first-order valence-corrected chi connectivity index (χ1v) is 4.64. The van der Waals surface area contributed by atoms with Crippen LogP contribution in [-0.2, 0) is 0 Å². The van der Waals surface area contributed by atoms with E-state index in [2.05, 4.69) is 0 Å². The lowest BCUT2D eigenvalue weighted by atomic mass is 10.3. The molecule has 0 radical (unpaired) electrons. The Morgan fingerprint density at radius 1 is 1.60 bits per heavy atom. The van der Waals surface area contributed by atoms with Gasteiger partial charge in [-0.1, -0.05) is 23.7 Å². The zero-order chi connectivity index (χ0) is 11.8. The molecule has 1 aromatic carbocycles. The van der Waals surface area contributed by atoms with Crippen LogP contribution in [0.25, 0.3) is 0 Å². The Labute approximate surface area is 92.6 Å². The molecule has 1 rings (SSSR count). The smallest absolute Gasteiger partial charge is 0.287 e. The fourth-order valence-corrected chi connectivity index (χ4v) is 0.805. The van der Waals surface area contributed by atoms with Crippen molar-refractivity contribution in [1.29, 1.82) is 0 Å². The van der Waals surface area contributed by atoms with E-state index in [1.807, 2.05) is 0 Å². The third-order valence-electron chi connectivity index (χ3n) is 1.39. The minimum atomic E-state index is -0.512. The Morgan fingerprint density at radius 2 is 2.07 bits per heavy atom. The normalized spacial score (nSPS) is 11.2. The fraction of sp³-hybridized carbons (Fsp3) is 0.333. The lowest BCUT2D eigenvalue weighted by Crippen LogP contribution is -2.14. The molecule has 6 heteroatoms. The van der Waals surface area contributed by atoms with E-state index in [0.717, 1.165) is 0 Å². The van der Waals surface area contributed by atoms with Crippen LogP contribution >= 0.6 is 11.6 Å². The van der Waals surface area contributed by atoms with Crippen LogP contribution in [0, 0.1) is 10.1 Å². The second-order valence-electron chi connectivity index (χ2n) is 2.79. The van der Waals surface area contributed by atoms with E-state index in [-0.39, 0.29) is 16.8 Å². The highest BCUT2D eigenvalue weighted by atomic mass is 35.5. The molecule has 0 aliphatic carbocycles. The SMILES string of the molecule is CC(O)CN.O=[N+]([O-])c1ccccc1Cl. The quantitative estimate of drug-likeness (QED) is 0.598. The number of aliphatic hydroxyl groups excluding tert-OH is 1. The number of nitrogens with two attached hydrogens (primary N) is 1. The Bertz CT molecular complexity index is 318. The Balaban J connectivity index is 0.000000336. The summed E-state index contributed by atoms with van der Waals surface area (Å²) in [5.41, 5.74) is 4.87. The summed E-state index contributed by atoms with van der Waals surface area (Å²) >= 11 is 5.48. The van der Waals surface area contributed by atoms with Gasteiger partial charge < -0.3 is 10.8 Å². The van der Waals surface area contributed by atoms with Crippen molar-refractivity contribution in [3.63, 3.8) is 0 Å². The second-order valence-corrected chi connectivity index (χ2v) is 3.20. The van der Waals surface area contributed by atoms with Gasteiger partial charge in [-0.15, -0.1) is 0 Å². The largest absolute Gasteiger partial charge is 0.392 e. The van der Waals surface area contributed by atoms with Gasteiger partial charge in [0.1, 0.15) is 5.02 Å². The third kappa shape index (κ3) is 6.01. The molecule has 0 aliphatic heterocycles. The first-order valence-electron chi connectivity index (χ1n) is 4.26. The van der Waals surface area contributed by atoms with Gasteiger partial charge in [0.2, 0.25) is 0 Å². The molecule has 0 saturated heterocycles. The van der Waals surface area contributed by atoms with Gasteiger partial charge >= 0.3 is 0 Å². The Hall–Kier alpha value is -1.17. The number of rotatable bonds is 2. The van der Waals surface area contributed by atoms with Crippen LogP contribution in [0.5, 0.6) is 0 Å². The summed E-state index contributed by atoms with van der Waals surface area (Å²) in [6.45, 7) is 2.01. The fourth-order valence-electron chi connectivity index (χ4n) is 0.600. The molecule has 0 saturated carbocycles. The number of para-hydroxylation sites is 1. The van der Waals surface area contributed by atoms with Crippen molar-refractivity contribution in [2.45, 2.75) is 13.0 Å². The summed E-state index contributed by atoms with van der Waals surface area (Å²) in [5, 5.41) is 18.6. The number of nitrogens with zero attached hydrogens (tertiary/aromatic N) is 1. The van der Waals surface area contributed by atoms with Gasteiger partial charge in [-0.2, -0.15) is 0 Å². The van der Waals surface area contributed by atoms with Crippen molar-refractivity contribution in [2.24, 2.45) is 5.73 Å². The van der Waals surface area contributed by atoms with E-state index in [0.29, 0.717) is 6.54 Å². The van der Waals surface area contributed by atoms with Crippen molar-refractivity contribution >= 4 is 17.3 Å². The number of nitro benzene ring substituents is 1. The summed E-state index contributed by atoms with van der Waals surface area (Å²) in [7, 11) is 0. The maximum atomic E-state index is 10.1. The van der Waals surface area contributed by atoms with E-state index in [1.54, 1.807) is 19.1 Å². The van der Waals surface area contributed by atoms with Gasteiger partial charge in [0.15, 0.2) is 0 Å². The molecule has 1 atom stereocenters. The van der Waals surface area contributed by atoms with Crippen LogP contribution in [0.3, 0.4) is 0 Å². The average molecular weight is 233 g/mol. The van der Waals surface area contributed by atoms with Gasteiger partial charge in [-0.25, -0.2) is 0 Å². The molecular weight excluding hydrogens is 220 g/mol. The molecule has 0 fully saturated rings. The highest BCUT2D eigenvalue weighted by molar-refractivity contribution is 6.32. The summed E-state index contributed by atoms with van der Waals surface area (Å²) in [5.74, 6) is 0. The topological polar surface area (TPSA) is 89.4 Å². The van der Waals surface area contributed by atoms with Gasteiger partial charge in [0, 0.05) is 12.6 Å². The number of benzene rings is 1. The second kappa shape index (κ2) is 7.17. The number of hydrogen-bond acceptors (Lipinski definition) is 4. The van der Waals surface area contributed by atoms with Gasteiger partial charge in [-0.3, -0.25) is 10.1 Å². The van der Waals surface area contributed by atoms with E-state index >= 15 is 0 Å². The van der Waals surface area contributed by atoms with Crippen molar-refractivity contribution in [3.05, 3.63) is 39.4 Å². The van der Waals surface area contributed by atoms with Crippen LogP contribution < -0.4 is 5.73 Å². The molecule has 0 aliphatic rings. The van der Waals surface area contributed by atoms with Crippen LogP contribution in [0.4, 0.5) is 5.69 Å². The molecule has 0 amide bonds. The predicted molar refractivity (Wildman–Crippen MR) is 58.8 cm³/mol. The number of halogens is 1. The lowest BCUT2D eigenvalue weighted by Gasteiger charge is -1.91. The monoisotopic (exact) mass is 232 g/mol. The first-order chi connectivity index (χ1) is 6.99. The lowest BCUT2D eigenvalue weighted by molar-refractivity contribution is -0.384. The summed E-state index contributed by atoms with van der Waals surface area (Å²) < 4.78 is 0.